The van der Waals surface area contributed by atoms with Crippen LogP contribution in [0.4, 0.5) is 0 Å². The molecule has 2 aliphatic rings. The number of hydrogen-bond donors (Lipinski definition) is 1. The highest BCUT2D eigenvalue weighted by atomic mass is 14.8. The van der Waals surface area contributed by atoms with Gasteiger partial charge in [-0.05, 0) is 53.6 Å². The average Bonchev–Trinajstić information content (AvgIpc) is 2.72. The molecule has 0 amide bonds. The van der Waals surface area contributed by atoms with E-state index in [-0.39, 0.29) is 0 Å². The van der Waals surface area contributed by atoms with Crippen LogP contribution < -0.4 is 5.32 Å². The van der Waals surface area contributed by atoms with Gasteiger partial charge < -0.3 is 5.32 Å². The fourth-order valence-corrected chi connectivity index (χ4v) is 2.65. The molecule has 0 unspecified atom stereocenters. The number of allylic oxidation sites excluding steroid dienone is 1. The van der Waals surface area contributed by atoms with E-state index in [1.54, 1.807) is 0 Å². The number of benzene rings is 1. The highest BCUT2D eigenvalue weighted by Gasteiger charge is 2.15. The minimum Gasteiger partial charge on any atom is -0.313 e. The molecule has 0 spiro atoms. The molecule has 1 heteroatoms. The Morgan fingerprint density at radius 2 is 2.06 bits per heavy atom. The van der Waals surface area contributed by atoms with E-state index in [1.807, 2.05) is 0 Å². The molecule has 0 aromatic heterocycles. The van der Waals surface area contributed by atoms with Crippen LogP contribution in [0.1, 0.15) is 29.5 Å². The van der Waals surface area contributed by atoms with Gasteiger partial charge in [0.2, 0.25) is 0 Å². The number of hydrogen-bond acceptors (Lipinski definition) is 1. The summed E-state index contributed by atoms with van der Waals surface area (Å²) in [5.41, 5.74) is 7.09. The number of rotatable bonds is 1. The van der Waals surface area contributed by atoms with Crippen molar-refractivity contribution in [3.63, 3.8) is 0 Å². The molecule has 1 aliphatic heterocycles. The zero-order valence-corrected chi connectivity index (χ0v) is 9.55. The summed E-state index contributed by atoms with van der Waals surface area (Å²) in [4.78, 5) is 0. The van der Waals surface area contributed by atoms with Gasteiger partial charge in [-0.15, -0.1) is 0 Å². The fraction of sp³-hybridized carbons (Fsp3) is 0.333. The maximum Gasteiger partial charge on any atom is 0.0140 e. The molecule has 1 aliphatic carbocycles. The van der Waals surface area contributed by atoms with Gasteiger partial charge in [-0.25, -0.2) is 0 Å². The van der Waals surface area contributed by atoms with E-state index in [4.69, 9.17) is 0 Å². The minimum atomic E-state index is 1.01. The smallest absolute Gasteiger partial charge is 0.0140 e. The SMILES string of the molecule is C=C1CCc2cc(C3=CCNCC3)ccc21. The van der Waals surface area contributed by atoms with Crippen molar-refractivity contribution in [2.75, 3.05) is 13.1 Å². The first-order valence-corrected chi connectivity index (χ1v) is 6.06. The normalized spacial score (nSPS) is 19.5. The highest BCUT2D eigenvalue weighted by Crippen LogP contribution is 2.33. The predicted octanol–water partition coefficient (Wildman–Crippen LogP) is 3.02. The topological polar surface area (TPSA) is 12.0 Å². The Morgan fingerprint density at radius 3 is 2.88 bits per heavy atom. The maximum atomic E-state index is 4.11. The van der Waals surface area contributed by atoms with E-state index in [0.717, 1.165) is 25.9 Å². The predicted molar refractivity (Wildman–Crippen MR) is 69.3 cm³/mol. The molecule has 1 aromatic carbocycles. The van der Waals surface area contributed by atoms with Gasteiger partial charge in [0.15, 0.2) is 0 Å². The summed E-state index contributed by atoms with van der Waals surface area (Å²) in [5.74, 6) is 0. The molecule has 3 rings (SSSR count). The third-order valence-electron chi connectivity index (χ3n) is 3.62. The fourth-order valence-electron chi connectivity index (χ4n) is 2.65. The van der Waals surface area contributed by atoms with Crippen LogP contribution in [0.15, 0.2) is 30.9 Å². The second-order valence-corrected chi connectivity index (χ2v) is 4.66. The Kier molecular flexibility index (Phi) is 2.41. The molecule has 82 valence electrons. The van der Waals surface area contributed by atoms with Gasteiger partial charge in [-0.3, -0.25) is 0 Å². The number of nitrogens with one attached hydrogen (secondary N) is 1. The Hall–Kier alpha value is -1.34. The van der Waals surface area contributed by atoms with Gasteiger partial charge in [0, 0.05) is 6.54 Å². The minimum absolute atomic E-state index is 1.01. The van der Waals surface area contributed by atoms with Crippen LogP contribution in [0.5, 0.6) is 0 Å². The van der Waals surface area contributed by atoms with Crippen molar-refractivity contribution in [2.24, 2.45) is 0 Å². The van der Waals surface area contributed by atoms with E-state index >= 15 is 0 Å². The molecule has 1 nitrogen and oxygen atoms in total. The molecule has 0 atom stereocenters. The second-order valence-electron chi connectivity index (χ2n) is 4.66. The molecule has 0 bridgehead atoms. The van der Waals surface area contributed by atoms with Gasteiger partial charge >= 0.3 is 0 Å². The Balaban J connectivity index is 1.98. The van der Waals surface area contributed by atoms with Crippen LogP contribution in [0.3, 0.4) is 0 Å². The van der Waals surface area contributed by atoms with Crippen LogP contribution in [0, 0.1) is 0 Å². The maximum absolute atomic E-state index is 4.11. The van der Waals surface area contributed by atoms with Gasteiger partial charge in [0.05, 0.1) is 0 Å². The van der Waals surface area contributed by atoms with Crippen molar-refractivity contribution in [2.45, 2.75) is 19.3 Å². The van der Waals surface area contributed by atoms with Crippen LogP contribution >= 0.6 is 0 Å². The summed E-state index contributed by atoms with van der Waals surface area (Å²) in [5, 5.41) is 3.35. The monoisotopic (exact) mass is 211 g/mol. The first kappa shape index (κ1) is 9.86. The molecule has 1 N–H and O–H groups in total. The molecule has 0 fully saturated rings. The molecule has 0 saturated heterocycles. The van der Waals surface area contributed by atoms with Crippen LogP contribution in [-0.2, 0) is 6.42 Å². The van der Waals surface area contributed by atoms with Crippen molar-refractivity contribution < 1.29 is 0 Å². The van der Waals surface area contributed by atoms with Crippen LogP contribution in [0.2, 0.25) is 0 Å². The zero-order chi connectivity index (χ0) is 11.0. The van der Waals surface area contributed by atoms with E-state index in [0.29, 0.717) is 0 Å². The standard InChI is InChI=1S/C15H17N/c1-11-2-3-14-10-13(4-5-15(11)14)12-6-8-16-9-7-12/h4-6,10,16H,1-3,7-9H2. The average molecular weight is 211 g/mol. The summed E-state index contributed by atoms with van der Waals surface area (Å²) >= 11 is 0. The highest BCUT2D eigenvalue weighted by molar-refractivity contribution is 5.75. The summed E-state index contributed by atoms with van der Waals surface area (Å²) in [6.07, 6.45) is 5.78. The third-order valence-corrected chi connectivity index (χ3v) is 3.62. The Morgan fingerprint density at radius 1 is 1.12 bits per heavy atom. The molecule has 0 radical (unpaired) electrons. The van der Waals surface area contributed by atoms with E-state index in [9.17, 15) is 0 Å². The lowest BCUT2D eigenvalue weighted by Crippen LogP contribution is -2.20. The number of fused-ring (bicyclic) bond motifs is 1. The van der Waals surface area contributed by atoms with Gasteiger partial charge in [-0.2, -0.15) is 0 Å². The third kappa shape index (κ3) is 1.61. The molecule has 1 aromatic rings. The summed E-state index contributed by atoms with van der Waals surface area (Å²) < 4.78 is 0. The Bertz CT molecular complexity index is 468. The lowest BCUT2D eigenvalue weighted by molar-refractivity contribution is 0.738. The largest absolute Gasteiger partial charge is 0.313 e. The Labute approximate surface area is 96.9 Å². The quantitative estimate of drug-likeness (QED) is 0.753. The van der Waals surface area contributed by atoms with Gasteiger partial charge in [0.25, 0.3) is 0 Å². The summed E-state index contributed by atoms with van der Waals surface area (Å²) in [7, 11) is 0. The molecular formula is C15H17N. The van der Waals surface area contributed by atoms with Crippen molar-refractivity contribution in [3.8, 4) is 0 Å². The van der Waals surface area contributed by atoms with Crippen LogP contribution in [0.25, 0.3) is 11.1 Å². The lowest BCUT2D eigenvalue weighted by Gasteiger charge is -2.15. The summed E-state index contributed by atoms with van der Waals surface area (Å²) in [6.45, 7) is 6.23. The first-order valence-electron chi connectivity index (χ1n) is 6.06. The van der Waals surface area contributed by atoms with E-state index in [1.165, 1.54) is 34.3 Å². The molecular weight excluding hydrogens is 194 g/mol. The van der Waals surface area contributed by atoms with Crippen molar-refractivity contribution in [1.29, 1.82) is 0 Å². The van der Waals surface area contributed by atoms with Crippen molar-refractivity contribution in [1.82, 2.24) is 5.32 Å². The van der Waals surface area contributed by atoms with Crippen LogP contribution in [-0.4, -0.2) is 13.1 Å². The number of aryl methyl sites for hydroxylation is 1. The molecule has 0 saturated carbocycles. The van der Waals surface area contributed by atoms with Gasteiger partial charge in [-0.1, -0.05) is 30.9 Å². The van der Waals surface area contributed by atoms with Gasteiger partial charge in [0.1, 0.15) is 0 Å². The first-order chi connectivity index (χ1) is 7.84. The van der Waals surface area contributed by atoms with Crippen molar-refractivity contribution >= 4 is 11.1 Å². The lowest BCUT2D eigenvalue weighted by atomic mass is 9.96. The van der Waals surface area contributed by atoms with E-state index < -0.39 is 0 Å². The zero-order valence-electron chi connectivity index (χ0n) is 9.55. The summed E-state index contributed by atoms with van der Waals surface area (Å²) in [6, 6.07) is 6.88. The second kappa shape index (κ2) is 3.91. The molecule has 1 heterocycles. The molecule has 16 heavy (non-hydrogen) atoms. The van der Waals surface area contributed by atoms with E-state index in [2.05, 4.69) is 36.2 Å². The van der Waals surface area contributed by atoms with Crippen molar-refractivity contribution in [3.05, 3.63) is 47.5 Å².